The molecule has 2 amide bonds. The fourth-order valence-corrected chi connectivity index (χ4v) is 6.86. The van der Waals surface area contributed by atoms with Gasteiger partial charge in [-0.25, -0.2) is 13.6 Å². The Bertz CT molecular complexity index is 1420. The smallest absolute Gasteiger partial charge is 0.326 e. The Balaban J connectivity index is 1.22. The number of piperidine rings is 1. The lowest BCUT2D eigenvalue weighted by Gasteiger charge is -2.32. The number of H-pyrrole nitrogens is 1. The molecule has 0 radical (unpaired) electrons. The van der Waals surface area contributed by atoms with Gasteiger partial charge < -0.3 is 14.8 Å². The van der Waals surface area contributed by atoms with E-state index in [1.165, 1.54) is 17.8 Å². The van der Waals surface area contributed by atoms with Gasteiger partial charge in [0.1, 0.15) is 5.37 Å². The summed E-state index contributed by atoms with van der Waals surface area (Å²) in [5.41, 5.74) is 2.05. The summed E-state index contributed by atoms with van der Waals surface area (Å²) >= 11 is 1.33. The molecular formula is C30H34F2N4O3S. The van der Waals surface area contributed by atoms with Crippen LogP contribution in [0.5, 0.6) is 0 Å². The largest absolute Gasteiger partial charge is 0.342 e. The first-order chi connectivity index (χ1) is 19.2. The number of nitrogens with one attached hydrogen (secondary N) is 1. The van der Waals surface area contributed by atoms with Crippen LogP contribution in [0.15, 0.2) is 59.5 Å². The maximum atomic E-state index is 14.0. The summed E-state index contributed by atoms with van der Waals surface area (Å²) in [6.07, 6.45) is 3.95. The highest BCUT2D eigenvalue weighted by Crippen LogP contribution is 2.45. The molecule has 0 saturated carbocycles. The van der Waals surface area contributed by atoms with Crippen molar-refractivity contribution in [2.24, 2.45) is 5.92 Å². The summed E-state index contributed by atoms with van der Waals surface area (Å²) in [5, 5.41) is -1.06. The van der Waals surface area contributed by atoms with Crippen LogP contribution in [-0.4, -0.2) is 56.0 Å². The second-order valence-electron chi connectivity index (χ2n) is 10.9. The molecule has 2 unspecified atom stereocenters. The molecule has 5 rings (SSSR count). The van der Waals surface area contributed by atoms with E-state index in [9.17, 15) is 23.2 Å². The predicted molar refractivity (Wildman–Crippen MR) is 152 cm³/mol. The molecule has 10 heteroatoms. The molecule has 2 aliphatic rings. The Morgan fingerprint density at radius 3 is 2.45 bits per heavy atom. The number of halogens is 2. The lowest BCUT2D eigenvalue weighted by Crippen LogP contribution is -2.42. The number of carbonyl (C=O) groups excluding carboxylic acids is 2. The summed E-state index contributed by atoms with van der Waals surface area (Å²) in [7, 11) is 0. The minimum atomic E-state index is -0.950. The standard InChI is InChI=1S/C30H34F2N4O3S/c1-19(2)10-15-35-28(38)26(40-29(35)21-8-9-23(31)24(32)16-21)17-27(37)34-13-11-22(12-14-34)36-18-25(33-30(36)39)20-6-4-3-5-7-20/h3-9,16,18-19,22,26,29H,10-15,17H2,1-2H3,(H,33,39). The van der Waals surface area contributed by atoms with E-state index in [0.29, 0.717) is 44.0 Å². The van der Waals surface area contributed by atoms with Gasteiger partial charge in [-0.3, -0.25) is 14.2 Å². The number of rotatable bonds is 8. The molecule has 40 heavy (non-hydrogen) atoms. The van der Waals surface area contributed by atoms with E-state index < -0.39 is 22.3 Å². The number of nitrogens with zero attached hydrogens (tertiary/aromatic N) is 3. The number of hydrogen-bond donors (Lipinski definition) is 1. The maximum absolute atomic E-state index is 14.0. The molecule has 0 spiro atoms. The Kier molecular flexibility index (Phi) is 8.44. The molecule has 0 bridgehead atoms. The van der Waals surface area contributed by atoms with Crippen molar-refractivity contribution in [3.63, 3.8) is 0 Å². The van der Waals surface area contributed by atoms with Crippen molar-refractivity contribution in [3.05, 3.63) is 82.4 Å². The monoisotopic (exact) mass is 568 g/mol. The van der Waals surface area contributed by atoms with Gasteiger partial charge in [0.15, 0.2) is 11.6 Å². The zero-order valence-electron chi connectivity index (χ0n) is 22.7. The van der Waals surface area contributed by atoms with E-state index in [0.717, 1.165) is 29.8 Å². The zero-order valence-corrected chi connectivity index (χ0v) is 23.5. The molecule has 3 heterocycles. The van der Waals surface area contributed by atoms with Crippen LogP contribution >= 0.6 is 11.8 Å². The van der Waals surface area contributed by atoms with Crippen molar-refractivity contribution in [2.45, 2.75) is 56.2 Å². The number of carbonyl (C=O) groups is 2. The lowest BCUT2D eigenvalue weighted by molar-refractivity contribution is -0.136. The van der Waals surface area contributed by atoms with E-state index in [-0.39, 0.29) is 30.0 Å². The van der Waals surface area contributed by atoms with Crippen LogP contribution in [0, 0.1) is 17.6 Å². The van der Waals surface area contributed by atoms with Gasteiger partial charge in [0.05, 0.1) is 10.9 Å². The fourth-order valence-electron chi connectivity index (χ4n) is 5.40. The third-order valence-corrected chi connectivity index (χ3v) is 9.19. The zero-order chi connectivity index (χ0) is 28.4. The fraction of sp³-hybridized carbons (Fsp3) is 0.433. The number of aromatic amines is 1. The Morgan fingerprint density at radius 2 is 1.77 bits per heavy atom. The third-order valence-electron chi connectivity index (χ3n) is 7.71. The van der Waals surface area contributed by atoms with Crippen LogP contribution in [0.2, 0.25) is 0 Å². The van der Waals surface area contributed by atoms with Crippen LogP contribution in [0.1, 0.15) is 56.5 Å². The molecule has 212 valence electrons. The minimum Gasteiger partial charge on any atom is -0.342 e. The highest BCUT2D eigenvalue weighted by atomic mass is 32.2. The van der Waals surface area contributed by atoms with Crippen LogP contribution in [-0.2, 0) is 9.59 Å². The number of hydrogen-bond acceptors (Lipinski definition) is 4. The number of amides is 2. The summed E-state index contributed by atoms with van der Waals surface area (Å²) in [4.78, 5) is 45.7. The van der Waals surface area contributed by atoms with Crippen LogP contribution in [0.3, 0.4) is 0 Å². The van der Waals surface area contributed by atoms with Gasteiger partial charge in [-0.1, -0.05) is 50.2 Å². The van der Waals surface area contributed by atoms with Gasteiger partial charge in [-0.2, -0.15) is 0 Å². The Morgan fingerprint density at radius 1 is 1.05 bits per heavy atom. The summed E-state index contributed by atoms with van der Waals surface area (Å²) in [6.45, 7) is 5.61. The SMILES string of the molecule is CC(C)CCN1C(=O)C(CC(=O)N2CCC(n3cc(-c4ccccc4)[nH]c3=O)CC2)SC1c1ccc(F)c(F)c1. The number of thioether (sulfide) groups is 1. The first kappa shape index (κ1) is 28.1. The van der Waals surface area contributed by atoms with Crippen LogP contribution in [0.25, 0.3) is 11.3 Å². The number of likely N-dealkylation sites (tertiary alicyclic amines) is 1. The molecule has 2 saturated heterocycles. The van der Waals surface area contributed by atoms with Crippen molar-refractivity contribution in [3.8, 4) is 11.3 Å². The van der Waals surface area contributed by atoms with E-state index in [1.54, 1.807) is 14.4 Å². The molecule has 1 N–H and O–H groups in total. The summed E-state index contributed by atoms with van der Waals surface area (Å²) < 4.78 is 29.3. The number of aromatic nitrogens is 2. The van der Waals surface area contributed by atoms with E-state index >= 15 is 0 Å². The molecule has 1 aromatic heterocycles. The molecule has 3 aromatic rings. The Hall–Kier alpha value is -3.40. The van der Waals surface area contributed by atoms with E-state index in [4.69, 9.17) is 0 Å². The van der Waals surface area contributed by atoms with Gasteiger partial charge >= 0.3 is 5.69 Å². The first-order valence-corrected chi connectivity index (χ1v) is 14.7. The molecule has 7 nitrogen and oxygen atoms in total. The average Bonchev–Trinajstić information content (AvgIpc) is 3.49. The van der Waals surface area contributed by atoms with Crippen molar-refractivity contribution < 1.29 is 18.4 Å². The average molecular weight is 569 g/mol. The highest BCUT2D eigenvalue weighted by Gasteiger charge is 2.42. The predicted octanol–water partition coefficient (Wildman–Crippen LogP) is 5.36. The van der Waals surface area contributed by atoms with Gasteiger partial charge in [-0.15, -0.1) is 11.8 Å². The van der Waals surface area contributed by atoms with E-state index in [2.05, 4.69) is 18.8 Å². The van der Waals surface area contributed by atoms with E-state index in [1.807, 2.05) is 36.5 Å². The van der Waals surface area contributed by atoms with Gasteiger partial charge in [0.25, 0.3) is 0 Å². The molecule has 0 aliphatic carbocycles. The number of benzene rings is 2. The van der Waals surface area contributed by atoms with Gasteiger partial charge in [0.2, 0.25) is 11.8 Å². The van der Waals surface area contributed by atoms with Crippen LogP contribution in [0.4, 0.5) is 8.78 Å². The van der Waals surface area contributed by atoms with Gasteiger partial charge in [-0.05, 0) is 48.4 Å². The molecule has 2 aliphatic heterocycles. The second-order valence-corrected chi connectivity index (χ2v) is 12.2. The summed E-state index contributed by atoms with van der Waals surface area (Å²) in [5.74, 6) is -1.77. The molecule has 2 aromatic carbocycles. The van der Waals surface area contributed by atoms with Crippen molar-refractivity contribution in [1.82, 2.24) is 19.4 Å². The van der Waals surface area contributed by atoms with Crippen LogP contribution < -0.4 is 5.69 Å². The minimum absolute atomic E-state index is 0.0166. The number of imidazole rings is 1. The first-order valence-electron chi connectivity index (χ1n) is 13.8. The molecule has 2 atom stereocenters. The summed E-state index contributed by atoms with van der Waals surface area (Å²) in [6, 6.07) is 13.4. The van der Waals surface area contributed by atoms with Gasteiger partial charge in [0, 0.05) is 38.3 Å². The van der Waals surface area contributed by atoms with Crippen molar-refractivity contribution in [2.75, 3.05) is 19.6 Å². The topological polar surface area (TPSA) is 78.4 Å². The third kappa shape index (κ3) is 6.01. The Labute approximate surface area is 236 Å². The molecular weight excluding hydrogens is 534 g/mol. The van der Waals surface area contributed by atoms with Crippen molar-refractivity contribution in [1.29, 1.82) is 0 Å². The maximum Gasteiger partial charge on any atom is 0.326 e. The highest BCUT2D eigenvalue weighted by molar-refractivity contribution is 8.01. The second kappa shape index (κ2) is 12.0. The normalized spacial score (nSPS) is 20.1. The lowest BCUT2D eigenvalue weighted by atomic mass is 10.0. The molecule has 2 fully saturated rings. The van der Waals surface area contributed by atoms with Crippen molar-refractivity contribution >= 4 is 23.6 Å². The quantitative estimate of drug-likeness (QED) is 0.397.